The number of aliphatic carboxylic acids is 1. The molecule has 0 amide bonds. The summed E-state index contributed by atoms with van der Waals surface area (Å²) in [4.78, 5) is 15.8. The summed E-state index contributed by atoms with van der Waals surface area (Å²) >= 11 is 1.48. The number of aryl methyl sites for hydroxylation is 1. The molecule has 4 aromatic rings. The maximum atomic E-state index is 13.2. The van der Waals surface area contributed by atoms with Crippen LogP contribution < -0.4 is 4.74 Å². The zero-order chi connectivity index (χ0) is 22.5. The molecule has 1 heterocycles. The van der Waals surface area contributed by atoms with Gasteiger partial charge in [-0.25, -0.2) is 9.37 Å². The highest BCUT2D eigenvalue weighted by molar-refractivity contribution is 7.09. The second-order valence-corrected chi connectivity index (χ2v) is 8.43. The standard InChI is InChI=1S/C26H22FNO3S/c1-17-16-32-26(28-17)24(14-25(29)30)20-7-11-23(12-8-20)31-15-18-3-2-4-21(13-18)19-5-9-22(27)10-6-19/h2-13,16,24H,14-15H2,1H3,(H,29,30). The number of carboxylic acid groups (broad SMARTS) is 1. The Balaban J connectivity index is 1.45. The SMILES string of the molecule is Cc1csc(C(CC(=O)O)c2ccc(OCc3cccc(-c4ccc(F)cc4)c3)cc2)n1. The van der Waals surface area contributed by atoms with Crippen molar-refractivity contribution in [3.63, 3.8) is 0 Å². The maximum Gasteiger partial charge on any atom is 0.304 e. The summed E-state index contributed by atoms with van der Waals surface area (Å²) in [6, 6.07) is 21.9. The van der Waals surface area contributed by atoms with Gasteiger partial charge in [0.15, 0.2) is 0 Å². The Hall–Kier alpha value is -3.51. The summed E-state index contributed by atoms with van der Waals surface area (Å²) in [6.07, 6.45) is -0.0106. The van der Waals surface area contributed by atoms with Gasteiger partial charge in [0, 0.05) is 17.0 Å². The molecule has 4 rings (SSSR count). The molecule has 0 saturated carbocycles. The molecule has 0 aliphatic carbocycles. The number of aromatic nitrogens is 1. The summed E-state index contributed by atoms with van der Waals surface area (Å²) in [7, 11) is 0. The van der Waals surface area contributed by atoms with E-state index in [4.69, 9.17) is 4.74 Å². The van der Waals surface area contributed by atoms with Gasteiger partial charge in [0.25, 0.3) is 0 Å². The van der Waals surface area contributed by atoms with Gasteiger partial charge in [0.1, 0.15) is 23.2 Å². The van der Waals surface area contributed by atoms with Crippen LogP contribution in [0, 0.1) is 12.7 Å². The molecular weight excluding hydrogens is 425 g/mol. The zero-order valence-electron chi connectivity index (χ0n) is 17.5. The number of carboxylic acids is 1. The Bertz CT molecular complexity index is 1200. The van der Waals surface area contributed by atoms with Crippen LogP contribution in [0.25, 0.3) is 11.1 Å². The minimum Gasteiger partial charge on any atom is -0.489 e. The highest BCUT2D eigenvalue weighted by Crippen LogP contribution is 2.31. The second-order valence-electron chi connectivity index (χ2n) is 7.54. The average Bonchev–Trinajstić information content (AvgIpc) is 3.23. The van der Waals surface area contributed by atoms with Crippen LogP contribution in [0.1, 0.15) is 34.2 Å². The zero-order valence-corrected chi connectivity index (χ0v) is 18.3. The minimum atomic E-state index is -0.857. The predicted molar refractivity (Wildman–Crippen MR) is 124 cm³/mol. The van der Waals surface area contributed by atoms with Crippen LogP contribution in [0.15, 0.2) is 78.2 Å². The number of hydrogen-bond donors (Lipinski definition) is 1. The summed E-state index contributed by atoms with van der Waals surface area (Å²) in [5, 5.41) is 12.1. The molecule has 0 fully saturated rings. The molecule has 1 unspecified atom stereocenters. The number of carbonyl (C=O) groups is 1. The third-order valence-corrected chi connectivity index (χ3v) is 6.18. The Morgan fingerprint density at radius 2 is 1.81 bits per heavy atom. The van der Waals surface area contributed by atoms with Crippen LogP contribution in [0.5, 0.6) is 5.75 Å². The van der Waals surface area contributed by atoms with Gasteiger partial charge in [-0.3, -0.25) is 4.79 Å². The van der Waals surface area contributed by atoms with Crippen LogP contribution in [0.4, 0.5) is 4.39 Å². The van der Waals surface area contributed by atoms with Crippen molar-refractivity contribution in [2.45, 2.75) is 25.9 Å². The van der Waals surface area contributed by atoms with E-state index in [9.17, 15) is 14.3 Å². The van der Waals surface area contributed by atoms with Crippen molar-refractivity contribution in [1.29, 1.82) is 0 Å². The summed E-state index contributed by atoms with van der Waals surface area (Å²) in [5.74, 6) is -0.700. The van der Waals surface area contributed by atoms with Crippen molar-refractivity contribution in [3.05, 3.63) is 106 Å². The third kappa shape index (κ3) is 5.39. The second kappa shape index (κ2) is 9.75. The van der Waals surface area contributed by atoms with Gasteiger partial charge < -0.3 is 9.84 Å². The molecule has 1 aromatic heterocycles. The van der Waals surface area contributed by atoms with Gasteiger partial charge >= 0.3 is 5.97 Å². The number of ether oxygens (including phenoxy) is 1. The first-order valence-electron chi connectivity index (χ1n) is 10.2. The first-order chi connectivity index (χ1) is 15.5. The van der Waals surface area contributed by atoms with Gasteiger partial charge in [-0.15, -0.1) is 11.3 Å². The first-order valence-corrected chi connectivity index (χ1v) is 11.1. The minimum absolute atomic E-state index is 0.0106. The Labute approximate surface area is 190 Å². The first kappa shape index (κ1) is 21.7. The highest BCUT2D eigenvalue weighted by Gasteiger charge is 2.21. The van der Waals surface area contributed by atoms with Crippen LogP contribution >= 0.6 is 11.3 Å². The smallest absolute Gasteiger partial charge is 0.304 e. The molecule has 4 nitrogen and oxygen atoms in total. The molecule has 0 bridgehead atoms. The Kier molecular flexibility index (Phi) is 6.61. The molecule has 1 atom stereocenters. The van der Waals surface area contributed by atoms with Crippen molar-refractivity contribution in [2.24, 2.45) is 0 Å². The lowest BCUT2D eigenvalue weighted by atomic mass is 9.96. The molecule has 0 spiro atoms. The van der Waals surface area contributed by atoms with Crippen LogP contribution in [-0.2, 0) is 11.4 Å². The molecule has 3 aromatic carbocycles. The molecule has 0 aliphatic heterocycles. The molecule has 0 saturated heterocycles. The van der Waals surface area contributed by atoms with Crippen LogP contribution in [0.2, 0.25) is 0 Å². The topological polar surface area (TPSA) is 59.4 Å². The van der Waals surface area contributed by atoms with Crippen molar-refractivity contribution in [1.82, 2.24) is 4.98 Å². The predicted octanol–water partition coefficient (Wildman–Crippen LogP) is 6.44. The van der Waals surface area contributed by atoms with Gasteiger partial charge in [-0.2, -0.15) is 0 Å². The monoisotopic (exact) mass is 447 g/mol. The van der Waals surface area contributed by atoms with E-state index in [1.165, 1.54) is 23.5 Å². The highest BCUT2D eigenvalue weighted by atomic mass is 32.1. The fraction of sp³-hybridized carbons (Fsp3) is 0.154. The normalized spacial score (nSPS) is 11.8. The largest absolute Gasteiger partial charge is 0.489 e. The van der Waals surface area contributed by atoms with E-state index in [1.807, 2.05) is 60.8 Å². The molecule has 1 N–H and O–H groups in total. The van der Waals surface area contributed by atoms with E-state index in [1.54, 1.807) is 12.1 Å². The molecule has 6 heteroatoms. The summed E-state index contributed by atoms with van der Waals surface area (Å²) in [5.41, 5.74) is 4.73. The number of thiazole rings is 1. The van der Waals surface area contributed by atoms with E-state index in [0.29, 0.717) is 12.4 Å². The van der Waals surface area contributed by atoms with Gasteiger partial charge in [-0.1, -0.05) is 42.5 Å². The summed E-state index contributed by atoms with van der Waals surface area (Å²) in [6.45, 7) is 2.29. The Morgan fingerprint density at radius 1 is 1.06 bits per heavy atom. The van der Waals surface area contributed by atoms with Gasteiger partial charge in [0.2, 0.25) is 0 Å². The Morgan fingerprint density at radius 3 is 2.47 bits per heavy atom. The number of halogens is 1. The van der Waals surface area contributed by atoms with Gasteiger partial charge in [-0.05, 0) is 59.5 Å². The lowest BCUT2D eigenvalue weighted by Gasteiger charge is -2.14. The van der Waals surface area contributed by atoms with E-state index >= 15 is 0 Å². The molecule has 0 radical (unpaired) electrons. The molecular formula is C26H22FNO3S. The number of benzene rings is 3. The molecule has 162 valence electrons. The average molecular weight is 448 g/mol. The van der Waals surface area contributed by atoms with E-state index in [-0.39, 0.29) is 18.2 Å². The van der Waals surface area contributed by atoms with Crippen LogP contribution in [-0.4, -0.2) is 16.1 Å². The number of nitrogens with zero attached hydrogens (tertiary/aromatic N) is 1. The van der Waals surface area contributed by atoms with E-state index in [0.717, 1.165) is 33.0 Å². The van der Waals surface area contributed by atoms with Crippen molar-refractivity contribution < 1.29 is 19.0 Å². The maximum absolute atomic E-state index is 13.2. The fourth-order valence-electron chi connectivity index (χ4n) is 3.50. The number of rotatable bonds is 8. The lowest BCUT2D eigenvalue weighted by molar-refractivity contribution is -0.137. The van der Waals surface area contributed by atoms with E-state index < -0.39 is 5.97 Å². The quantitative estimate of drug-likeness (QED) is 0.337. The molecule has 0 aliphatic rings. The van der Waals surface area contributed by atoms with E-state index in [2.05, 4.69) is 4.98 Å². The van der Waals surface area contributed by atoms with Crippen molar-refractivity contribution in [2.75, 3.05) is 0 Å². The lowest BCUT2D eigenvalue weighted by Crippen LogP contribution is -2.08. The van der Waals surface area contributed by atoms with Crippen molar-refractivity contribution >= 4 is 17.3 Å². The number of hydrogen-bond acceptors (Lipinski definition) is 4. The summed E-state index contributed by atoms with van der Waals surface area (Å²) < 4.78 is 19.1. The molecule has 32 heavy (non-hydrogen) atoms. The fourth-order valence-corrected chi connectivity index (χ4v) is 4.43. The van der Waals surface area contributed by atoms with Crippen LogP contribution in [0.3, 0.4) is 0 Å². The van der Waals surface area contributed by atoms with Gasteiger partial charge in [0.05, 0.1) is 6.42 Å². The third-order valence-electron chi connectivity index (χ3n) is 5.11. The van der Waals surface area contributed by atoms with Crippen molar-refractivity contribution in [3.8, 4) is 16.9 Å².